The molecule has 0 saturated carbocycles. The van der Waals surface area contributed by atoms with Gasteiger partial charge in [-0.2, -0.15) is 0 Å². The third-order valence-electron chi connectivity index (χ3n) is 3.99. The van der Waals surface area contributed by atoms with Crippen LogP contribution in [-0.2, 0) is 20.9 Å². The van der Waals surface area contributed by atoms with Crippen molar-refractivity contribution in [3.05, 3.63) is 35.9 Å². The van der Waals surface area contributed by atoms with Crippen molar-refractivity contribution in [2.45, 2.75) is 38.0 Å². The van der Waals surface area contributed by atoms with Crippen LogP contribution < -0.4 is 10.6 Å². The predicted octanol–water partition coefficient (Wildman–Crippen LogP) is 0.160. The van der Waals surface area contributed by atoms with Crippen molar-refractivity contribution in [1.29, 1.82) is 0 Å². The topological polar surface area (TPSA) is 128 Å². The Morgan fingerprint density at radius 3 is 2.69 bits per heavy atom. The van der Waals surface area contributed by atoms with E-state index in [1.165, 1.54) is 0 Å². The summed E-state index contributed by atoms with van der Waals surface area (Å²) >= 11 is 0. The number of aliphatic hydroxyl groups excluding tert-OH is 1. The molecular formula is C17H23N3O6. The molecule has 2 atom stereocenters. The third-order valence-corrected chi connectivity index (χ3v) is 3.99. The number of hydroxylamine groups is 2. The highest BCUT2D eigenvalue weighted by Gasteiger charge is 2.30. The first kappa shape index (κ1) is 19.7. The molecule has 9 heteroatoms. The van der Waals surface area contributed by atoms with E-state index in [1.54, 1.807) is 24.3 Å². The van der Waals surface area contributed by atoms with E-state index in [-0.39, 0.29) is 13.2 Å². The van der Waals surface area contributed by atoms with E-state index in [2.05, 4.69) is 10.6 Å². The van der Waals surface area contributed by atoms with Gasteiger partial charge in [-0.3, -0.25) is 14.8 Å². The minimum Gasteiger partial charge on any atom is -0.445 e. The number of aliphatic hydroxyl groups is 1. The zero-order chi connectivity index (χ0) is 18.9. The number of amides is 3. The second kappa shape index (κ2) is 9.73. The Bertz CT molecular complexity index is 624. The van der Waals surface area contributed by atoms with Crippen LogP contribution in [0.15, 0.2) is 30.3 Å². The molecule has 0 bridgehead atoms. The number of nitrogens with zero attached hydrogens (tertiary/aromatic N) is 1. The van der Waals surface area contributed by atoms with Crippen LogP contribution in [0.3, 0.4) is 0 Å². The summed E-state index contributed by atoms with van der Waals surface area (Å²) < 4.78 is 5.00. The first-order chi connectivity index (χ1) is 12.5. The number of alkyl carbamates (subject to hydrolysis) is 1. The number of nitrogens with one attached hydrogen (secondary N) is 2. The van der Waals surface area contributed by atoms with E-state index in [4.69, 9.17) is 4.74 Å². The van der Waals surface area contributed by atoms with Crippen molar-refractivity contribution in [3.63, 3.8) is 0 Å². The van der Waals surface area contributed by atoms with Gasteiger partial charge in [-0.1, -0.05) is 30.3 Å². The minimum absolute atomic E-state index is 0.0209. The van der Waals surface area contributed by atoms with Gasteiger partial charge in [-0.05, 0) is 24.8 Å². The third kappa shape index (κ3) is 5.71. The van der Waals surface area contributed by atoms with Crippen LogP contribution in [0.1, 0.15) is 24.8 Å². The standard InChI is InChI=1S/C17H23N3O6/c21-10-14(19-17(24)26-11-12-6-2-1-3-7-12)15(22)18-13-8-4-5-9-20(25)16(13)23/h1-3,6-7,13-14,21,25H,4-5,8-11H2,(H,18,22)(H,19,24)/t13-,14-/m0/s1. The van der Waals surface area contributed by atoms with Crippen molar-refractivity contribution in [2.75, 3.05) is 13.2 Å². The molecule has 0 radical (unpaired) electrons. The highest BCUT2D eigenvalue weighted by molar-refractivity contribution is 5.91. The van der Waals surface area contributed by atoms with E-state index in [1.807, 2.05) is 6.07 Å². The Hall–Kier alpha value is -2.65. The summed E-state index contributed by atoms with van der Waals surface area (Å²) in [7, 11) is 0. The molecule has 1 aliphatic rings. The van der Waals surface area contributed by atoms with Crippen LogP contribution in [0.25, 0.3) is 0 Å². The lowest BCUT2D eigenvalue weighted by atomic mass is 10.1. The van der Waals surface area contributed by atoms with Crippen molar-refractivity contribution < 1.29 is 29.4 Å². The Labute approximate surface area is 150 Å². The van der Waals surface area contributed by atoms with Gasteiger partial charge in [0.05, 0.1) is 6.61 Å². The van der Waals surface area contributed by atoms with Gasteiger partial charge in [0.1, 0.15) is 18.7 Å². The molecule has 0 aromatic heterocycles. The van der Waals surface area contributed by atoms with E-state index < -0.39 is 36.6 Å². The Morgan fingerprint density at radius 1 is 1.27 bits per heavy atom. The average molecular weight is 365 g/mol. The second-order valence-electron chi connectivity index (χ2n) is 5.96. The smallest absolute Gasteiger partial charge is 0.408 e. The van der Waals surface area contributed by atoms with Gasteiger partial charge < -0.3 is 20.5 Å². The molecule has 0 unspecified atom stereocenters. The monoisotopic (exact) mass is 365 g/mol. The van der Waals surface area contributed by atoms with Crippen LogP contribution in [0.2, 0.25) is 0 Å². The molecule has 1 saturated heterocycles. The van der Waals surface area contributed by atoms with Gasteiger partial charge in [-0.15, -0.1) is 0 Å². The number of carbonyl (C=O) groups is 3. The summed E-state index contributed by atoms with van der Waals surface area (Å²) in [5.74, 6) is -1.34. The Kier molecular flexibility index (Phi) is 7.37. The molecule has 0 spiro atoms. The lowest BCUT2D eigenvalue weighted by Gasteiger charge is -2.22. The molecular weight excluding hydrogens is 342 g/mol. The first-order valence-electron chi connectivity index (χ1n) is 8.40. The minimum atomic E-state index is -1.26. The average Bonchev–Trinajstić information content (AvgIpc) is 2.81. The van der Waals surface area contributed by atoms with Gasteiger partial charge >= 0.3 is 6.09 Å². The molecule has 142 valence electrons. The highest BCUT2D eigenvalue weighted by atomic mass is 16.5. The van der Waals surface area contributed by atoms with Gasteiger partial charge in [-0.25, -0.2) is 9.86 Å². The van der Waals surface area contributed by atoms with Crippen molar-refractivity contribution in [3.8, 4) is 0 Å². The zero-order valence-corrected chi connectivity index (χ0v) is 14.3. The summed E-state index contributed by atoms with van der Waals surface area (Å²) in [5.41, 5.74) is 0.778. The first-order valence-corrected chi connectivity index (χ1v) is 8.40. The van der Waals surface area contributed by atoms with Crippen LogP contribution in [0.4, 0.5) is 4.79 Å². The quantitative estimate of drug-likeness (QED) is 0.532. The number of benzene rings is 1. The summed E-state index contributed by atoms with van der Waals surface area (Å²) in [5, 5.41) is 24.2. The fourth-order valence-corrected chi connectivity index (χ4v) is 2.53. The van der Waals surface area contributed by atoms with E-state index in [0.717, 1.165) is 5.56 Å². The van der Waals surface area contributed by atoms with E-state index in [9.17, 15) is 24.7 Å². The number of hydrogen-bond acceptors (Lipinski definition) is 6. The normalized spacial score (nSPS) is 18.6. The number of carbonyl (C=O) groups excluding carboxylic acids is 3. The lowest BCUT2D eigenvalue weighted by Crippen LogP contribution is -2.54. The Morgan fingerprint density at radius 2 is 2.00 bits per heavy atom. The van der Waals surface area contributed by atoms with Crippen molar-refractivity contribution >= 4 is 17.9 Å². The maximum atomic E-state index is 12.2. The lowest BCUT2D eigenvalue weighted by molar-refractivity contribution is -0.167. The molecule has 0 aliphatic carbocycles. The van der Waals surface area contributed by atoms with Crippen LogP contribution in [-0.4, -0.2) is 58.5 Å². The number of rotatable bonds is 6. The van der Waals surface area contributed by atoms with E-state index in [0.29, 0.717) is 24.3 Å². The maximum absolute atomic E-state index is 12.2. The second-order valence-corrected chi connectivity index (χ2v) is 5.96. The van der Waals surface area contributed by atoms with Crippen LogP contribution in [0.5, 0.6) is 0 Å². The van der Waals surface area contributed by atoms with Gasteiger partial charge in [0, 0.05) is 6.54 Å². The molecule has 3 amide bonds. The molecule has 1 fully saturated rings. The SMILES string of the molecule is O=C(N[C@@H](CO)C(=O)N[C@H]1CCCCN(O)C1=O)OCc1ccccc1. The molecule has 26 heavy (non-hydrogen) atoms. The molecule has 1 aromatic carbocycles. The molecule has 1 aromatic rings. The van der Waals surface area contributed by atoms with Crippen molar-refractivity contribution in [2.24, 2.45) is 0 Å². The summed E-state index contributed by atoms with van der Waals surface area (Å²) in [4.78, 5) is 36.0. The number of ether oxygens (including phenoxy) is 1. The maximum Gasteiger partial charge on any atom is 0.408 e. The van der Waals surface area contributed by atoms with E-state index >= 15 is 0 Å². The molecule has 2 rings (SSSR count). The Balaban J connectivity index is 1.85. The van der Waals surface area contributed by atoms with Gasteiger partial charge in [0.2, 0.25) is 5.91 Å². The van der Waals surface area contributed by atoms with Gasteiger partial charge in [0.15, 0.2) is 0 Å². The largest absolute Gasteiger partial charge is 0.445 e. The molecule has 4 N–H and O–H groups in total. The highest BCUT2D eigenvalue weighted by Crippen LogP contribution is 2.10. The van der Waals surface area contributed by atoms with Crippen LogP contribution >= 0.6 is 0 Å². The molecule has 9 nitrogen and oxygen atoms in total. The molecule has 1 aliphatic heterocycles. The summed E-state index contributed by atoms with van der Waals surface area (Å²) in [6, 6.07) is 6.83. The predicted molar refractivity (Wildman–Crippen MR) is 89.9 cm³/mol. The van der Waals surface area contributed by atoms with Crippen LogP contribution in [0, 0.1) is 0 Å². The summed E-state index contributed by atoms with van der Waals surface area (Å²) in [6.07, 6.45) is 0.795. The van der Waals surface area contributed by atoms with Crippen molar-refractivity contribution in [1.82, 2.24) is 15.7 Å². The fraction of sp³-hybridized carbons (Fsp3) is 0.471. The van der Waals surface area contributed by atoms with Gasteiger partial charge in [0.25, 0.3) is 5.91 Å². The summed E-state index contributed by atoms with van der Waals surface area (Å²) in [6.45, 7) is -0.429. The zero-order valence-electron chi connectivity index (χ0n) is 14.3. The molecule has 1 heterocycles. The number of hydrogen-bond donors (Lipinski definition) is 4. The fourth-order valence-electron chi connectivity index (χ4n) is 2.53.